The minimum Gasteiger partial charge on any atom is -0.593 e. The lowest BCUT2D eigenvalue weighted by atomic mass is 9.69. The molecular weight excluding hydrogens is 535 g/mol. The van der Waals surface area contributed by atoms with Gasteiger partial charge in [0.05, 0.1) is 48.7 Å². The summed E-state index contributed by atoms with van der Waals surface area (Å²) in [6.45, 7) is 12.5. The van der Waals surface area contributed by atoms with Crippen LogP contribution in [0.3, 0.4) is 0 Å². The number of rotatable bonds is 8. The quantitative estimate of drug-likeness (QED) is 0.252. The van der Waals surface area contributed by atoms with Crippen LogP contribution >= 0.6 is 0 Å². The van der Waals surface area contributed by atoms with Crippen molar-refractivity contribution in [1.29, 1.82) is 0 Å². The second-order valence-corrected chi connectivity index (χ2v) is 14.3. The molecule has 2 aromatic carbocycles. The number of benzene rings is 2. The van der Waals surface area contributed by atoms with E-state index < -0.39 is 11.4 Å². The molecule has 0 spiro atoms. The second kappa shape index (κ2) is 11.7. The number of hydrogen-bond acceptors (Lipinski definition) is 5. The van der Waals surface area contributed by atoms with E-state index in [0.717, 1.165) is 60.9 Å². The van der Waals surface area contributed by atoms with Gasteiger partial charge in [-0.1, -0.05) is 38.5 Å². The van der Waals surface area contributed by atoms with Gasteiger partial charge in [-0.3, -0.25) is 0 Å². The molecule has 1 aliphatic carbocycles. The van der Waals surface area contributed by atoms with Crippen LogP contribution in [-0.4, -0.2) is 69.5 Å². The zero-order valence-corrected chi connectivity index (χ0v) is 25.3. The molecule has 3 heterocycles. The van der Waals surface area contributed by atoms with E-state index in [1.54, 1.807) is 12.1 Å². The summed E-state index contributed by atoms with van der Waals surface area (Å²) in [4.78, 5) is 3.32. The third-order valence-electron chi connectivity index (χ3n) is 8.87. The van der Waals surface area contributed by atoms with Crippen LogP contribution < -0.4 is 0 Å². The van der Waals surface area contributed by atoms with Crippen molar-refractivity contribution in [2.75, 3.05) is 45.9 Å². The van der Waals surface area contributed by atoms with Crippen molar-refractivity contribution < 1.29 is 13.7 Å². The zero-order valence-electron chi connectivity index (χ0n) is 24.4. The maximum absolute atomic E-state index is 13.9. The third kappa shape index (κ3) is 6.04. The average molecular weight is 577 g/mol. The highest BCUT2D eigenvalue weighted by Gasteiger charge is 2.46. The van der Waals surface area contributed by atoms with Crippen molar-refractivity contribution >= 4 is 17.4 Å². The van der Waals surface area contributed by atoms with Crippen LogP contribution in [0.1, 0.15) is 56.9 Å². The van der Waals surface area contributed by atoms with E-state index in [0.29, 0.717) is 19.8 Å². The maximum atomic E-state index is 13.9. The number of hydrogen-bond donors (Lipinski definition) is 0. The Balaban J connectivity index is 1.25. The smallest absolute Gasteiger partial charge is 0.174 e. The van der Waals surface area contributed by atoms with Crippen molar-refractivity contribution in [2.24, 2.45) is 5.41 Å². The molecule has 2 fully saturated rings. The molecule has 1 aromatic heterocycles. The summed E-state index contributed by atoms with van der Waals surface area (Å²) in [6.07, 6.45) is 8.33. The Kier molecular flexibility index (Phi) is 8.13. The van der Waals surface area contributed by atoms with Gasteiger partial charge in [-0.25, -0.2) is 9.07 Å². The fourth-order valence-electron chi connectivity index (χ4n) is 6.44. The minimum absolute atomic E-state index is 0.0550. The molecule has 41 heavy (non-hydrogen) atoms. The summed E-state index contributed by atoms with van der Waals surface area (Å²) in [5, 5.41) is 4.69. The molecular formula is C33H41FN4O2S. The van der Waals surface area contributed by atoms with Gasteiger partial charge in [0.2, 0.25) is 0 Å². The van der Waals surface area contributed by atoms with Gasteiger partial charge < -0.3 is 14.2 Å². The molecule has 2 atom stereocenters. The third-order valence-corrected chi connectivity index (χ3v) is 10.3. The number of aromatic nitrogens is 2. The van der Waals surface area contributed by atoms with Crippen LogP contribution in [-0.2, 0) is 27.9 Å². The van der Waals surface area contributed by atoms with Gasteiger partial charge in [0, 0.05) is 18.5 Å². The van der Waals surface area contributed by atoms with Gasteiger partial charge in [0.25, 0.3) is 0 Å². The Morgan fingerprint density at radius 2 is 1.76 bits per heavy atom. The molecule has 218 valence electrons. The van der Waals surface area contributed by atoms with Gasteiger partial charge in [0.15, 0.2) is 4.90 Å². The lowest BCUT2D eigenvalue weighted by molar-refractivity contribution is 0.0325. The first-order valence-corrected chi connectivity index (χ1v) is 15.9. The monoisotopic (exact) mass is 576 g/mol. The molecule has 0 radical (unpaired) electrons. The molecule has 0 saturated carbocycles. The Bertz CT molecular complexity index is 1380. The fourth-order valence-corrected chi connectivity index (χ4v) is 7.73. The number of piperidine rings is 1. The number of halogens is 1. The van der Waals surface area contributed by atoms with Crippen LogP contribution in [0.2, 0.25) is 0 Å². The highest BCUT2D eigenvalue weighted by atomic mass is 32.2. The van der Waals surface area contributed by atoms with Crippen LogP contribution in [0.4, 0.5) is 4.39 Å². The molecule has 3 aliphatic rings. The van der Waals surface area contributed by atoms with Crippen LogP contribution in [0, 0.1) is 11.2 Å². The first-order chi connectivity index (χ1) is 19.7. The number of fused-ring (bicyclic) bond motifs is 2. The van der Waals surface area contributed by atoms with Crippen LogP contribution in [0.25, 0.3) is 11.8 Å². The molecule has 0 bridgehead atoms. The normalized spacial score (nSPS) is 22.3. The predicted molar refractivity (Wildman–Crippen MR) is 162 cm³/mol. The molecule has 6 nitrogen and oxygen atoms in total. The molecule has 1 unspecified atom stereocenters. The van der Waals surface area contributed by atoms with Gasteiger partial charge in [-0.15, -0.1) is 4.31 Å². The molecule has 8 heteroatoms. The van der Waals surface area contributed by atoms with Crippen molar-refractivity contribution in [1.82, 2.24) is 19.0 Å². The molecule has 0 amide bonds. The lowest BCUT2D eigenvalue weighted by Gasteiger charge is -2.45. The number of nitrogens with zero attached hydrogens (tertiary/aromatic N) is 4. The average Bonchev–Trinajstić information content (AvgIpc) is 3.63. The van der Waals surface area contributed by atoms with E-state index in [2.05, 4.69) is 48.2 Å². The van der Waals surface area contributed by atoms with Gasteiger partial charge in [0.1, 0.15) is 5.82 Å². The van der Waals surface area contributed by atoms with Crippen LogP contribution in [0.5, 0.6) is 0 Å². The summed E-state index contributed by atoms with van der Waals surface area (Å²) in [6, 6.07) is 14.7. The topological polar surface area (TPSA) is 56.6 Å². The van der Waals surface area contributed by atoms with Gasteiger partial charge in [-0.05, 0) is 97.8 Å². The summed E-state index contributed by atoms with van der Waals surface area (Å²) in [7, 11) is 0. The Labute approximate surface area is 246 Å². The number of likely N-dealkylation sites (tertiary alicyclic amines) is 1. The molecule has 0 N–H and O–H groups in total. The van der Waals surface area contributed by atoms with E-state index in [1.165, 1.54) is 36.1 Å². The predicted octanol–water partition coefficient (Wildman–Crippen LogP) is 5.78. The summed E-state index contributed by atoms with van der Waals surface area (Å²) < 4.78 is 37.9. The SMILES string of the molecule is CC(C)(C)c1ccc([S+]([O-])N2CCC3=Cc4c(cnn4-c4ccc(F)cc4)C[C@]3(COCCN3CCCC3)C2)cc1. The molecule has 6 rings (SSSR count). The number of ether oxygens (including phenoxy) is 1. The largest absolute Gasteiger partial charge is 0.593 e. The molecule has 2 saturated heterocycles. The van der Waals surface area contributed by atoms with Crippen molar-refractivity contribution in [3.05, 3.63) is 82.9 Å². The summed E-state index contributed by atoms with van der Waals surface area (Å²) in [5.41, 5.74) is 5.38. The van der Waals surface area contributed by atoms with E-state index in [-0.39, 0.29) is 16.6 Å². The molecule has 3 aromatic rings. The fraction of sp³-hybridized carbons (Fsp3) is 0.485. The highest BCUT2D eigenvalue weighted by Crippen LogP contribution is 2.45. The first kappa shape index (κ1) is 28.6. The van der Waals surface area contributed by atoms with Gasteiger partial charge >= 0.3 is 0 Å². The standard InChI is InChI=1S/C33H41FN4O2S/c1-32(2,3)26-6-12-30(13-7-26)41(39)37-17-14-27-20-31-25(22-35-38(31)29-10-8-28(34)9-11-29)21-33(27,23-37)24-40-19-18-36-15-4-5-16-36/h6-13,20,22H,4-5,14-19,21,23-24H2,1-3H3/t33-,41?/m1/s1. The van der Waals surface area contributed by atoms with Gasteiger partial charge in [-0.2, -0.15) is 5.10 Å². The second-order valence-electron chi connectivity index (χ2n) is 12.8. The van der Waals surface area contributed by atoms with E-state index >= 15 is 0 Å². The zero-order chi connectivity index (χ0) is 28.6. The maximum Gasteiger partial charge on any atom is 0.174 e. The van der Waals surface area contributed by atoms with Crippen molar-refractivity contribution in [3.63, 3.8) is 0 Å². The Morgan fingerprint density at radius 1 is 1.02 bits per heavy atom. The van der Waals surface area contributed by atoms with E-state index in [1.807, 2.05) is 23.0 Å². The van der Waals surface area contributed by atoms with E-state index in [4.69, 9.17) is 9.84 Å². The van der Waals surface area contributed by atoms with E-state index in [9.17, 15) is 8.94 Å². The molecule has 2 aliphatic heterocycles. The Morgan fingerprint density at radius 3 is 2.46 bits per heavy atom. The lowest BCUT2D eigenvalue weighted by Crippen LogP contribution is -2.51. The first-order valence-electron chi connectivity index (χ1n) is 14.8. The van der Waals surface area contributed by atoms with Crippen molar-refractivity contribution in [2.45, 2.75) is 56.8 Å². The summed E-state index contributed by atoms with van der Waals surface area (Å²) in [5.74, 6) is -0.258. The highest BCUT2D eigenvalue weighted by molar-refractivity contribution is 7.89. The minimum atomic E-state index is -1.25. The van der Waals surface area contributed by atoms with Crippen molar-refractivity contribution in [3.8, 4) is 5.69 Å². The summed E-state index contributed by atoms with van der Waals surface area (Å²) >= 11 is -1.25. The Hall–Kier alpha value is -2.49. The van der Waals surface area contributed by atoms with Crippen LogP contribution in [0.15, 0.2) is 65.2 Å².